The second-order valence-corrected chi connectivity index (χ2v) is 6.53. The molecule has 5 nitrogen and oxygen atoms in total. The molecule has 0 saturated carbocycles. The van der Waals surface area contributed by atoms with Crippen molar-refractivity contribution >= 4 is 34.6 Å². The molecule has 3 aromatic rings. The van der Waals surface area contributed by atoms with E-state index in [1.807, 2.05) is 47.2 Å². The number of rotatable bonds is 6. The van der Waals surface area contributed by atoms with E-state index in [4.69, 9.17) is 4.74 Å². The Hall–Kier alpha value is -2.51. The number of carbonyl (C=O) groups is 2. The van der Waals surface area contributed by atoms with E-state index in [0.29, 0.717) is 6.54 Å². The average molecular weight is 358 g/mol. The normalized spacial score (nSPS) is 10.3. The molecule has 0 fully saturated rings. The number of esters is 1. The van der Waals surface area contributed by atoms with E-state index >= 15 is 0 Å². The number of ether oxygens (including phenoxy) is 1. The molecule has 122 valence electrons. The fourth-order valence-electron chi connectivity index (χ4n) is 1.94. The first-order valence-corrected chi connectivity index (χ1v) is 9.00. The molecule has 1 N–H and O–H groups in total. The Kier molecular flexibility index (Phi) is 5.35. The van der Waals surface area contributed by atoms with Crippen LogP contribution in [0.25, 0.3) is 10.6 Å². The van der Waals surface area contributed by atoms with Gasteiger partial charge in [-0.2, -0.15) is 11.3 Å². The van der Waals surface area contributed by atoms with Gasteiger partial charge in [-0.15, -0.1) is 11.3 Å². The third kappa shape index (κ3) is 4.27. The molecule has 1 aromatic carbocycles. The second kappa shape index (κ2) is 7.85. The van der Waals surface area contributed by atoms with Gasteiger partial charge in [-0.1, -0.05) is 30.3 Å². The molecular formula is C17H14N2O3S2. The van der Waals surface area contributed by atoms with Gasteiger partial charge >= 0.3 is 5.97 Å². The fourth-order valence-corrected chi connectivity index (χ4v) is 3.44. The lowest BCUT2D eigenvalue weighted by molar-refractivity contribution is -0.124. The number of thiazole rings is 1. The largest absolute Gasteiger partial charge is 0.451 e. The molecule has 0 aliphatic rings. The number of hydrogen-bond donors (Lipinski definition) is 1. The maximum Gasteiger partial charge on any atom is 0.358 e. The average Bonchev–Trinajstić information content (AvgIpc) is 3.29. The zero-order valence-corrected chi connectivity index (χ0v) is 14.2. The summed E-state index contributed by atoms with van der Waals surface area (Å²) >= 11 is 2.94. The molecule has 1 amide bonds. The van der Waals surface area contributed by atoms with Crippen molar-refractivity contribution in [3.63, 3.8) is 0 Å². The summed E-state index contributed by atoms with van der Waals surface area (Å²) in [6.45, 7) is 0.0766. The highest BCUT2D eigenvalue weighted by molar-refractivity contribution is 7.14. The lowest BCUT2D eigenvalue weighted by Crippen LogP contribution is -2.28. The van der Waals surface area contributed by atoms with E-state index in [1.165, 1.54) is 11.3 Å². The van der Waals surface area contributed by atoms with Crippen molar-refractivity contribution in [3.8, 4) is 10.6 Å². The number of carbonyl (C=O) groups excluding carboxylic acids is 2. The highest BCUT2D eigenvalue weighted by atomic mass is 32.1. The Balaban J connectivity index is 1.47. The predicted octanol–water partition coefficient (Wildman–Crippen LogP) is 3.34. The Morgan fingerprint density at radius 3 is 2.71 bits per heavy atom. The molecule has 0 atom stereocenters. The van der Waals surface area contributed by atoms with Crippen LogP contribution in [0.5, 0.6) is 0 Å². The van der Waals surface area contributed by atoms with E-state index in [9.17, 15) is 9.59 Å². The van der Waals surface area contributed by atoms with Crippen molar-refractivity contribution in [3.05, 3.63) is 63.8 Å². The molecule has 2 heterocycles. The molecular weight excluding hydrogens is 344 g/mol. The summed E-state index contributed by atoms with van der Waals surface area (Å²) < 4.78 is 5.00. The molecule has 3 rings (SSSR count). The van der Waals surface area contributed by atoms with Crippen molar-refractivity contribution in [2.75, 3.05) is 6.61 Å². The Morgan fingerprint density at radius 2 is 1.96 bits per heavy atom. The molecule has 7 heteroatoms. The summed E-state index contributed by atoms with van der Waals surface area (Å²) in [5, 5.41) is 9.01. The van der Waals surface area contributed by atoms with Crippen LogP contribution in [0, 0.1) is 0 Å². The van der Waals surface area contributed by atoms with Gasteiger partial charge in [0.25, 0.3) is 5.91 Å². The minimum absolute atomic E-state index is 0.219. The summed E-state index contributed by atoms with van der Waals surface area (Å²) in [6, 6.07) is 11.5. The minimum atomic E-state index is -0.595. The van der Waals surface area contributed by atoms with Crippen LogP contribution < -0.4 is 5.32 Å². The summed E-state index contributed by atoms with van der Waals surface area (Å²) in [7, 11) is 0. The molecule has 0 bridgehead atoms. The Bertz CT molecular complexity index is 814. The Labute approximate surface area is 146 Å². The van der Waals surface area contributed by atoms with Gasteiger partial charge in [0.15, 0.2) is 12.3 Å². The second-order valence-electron chi connectivity index (χ2n) is 4.89. The van der Waals surface area contributed by atoms with E-state index < -0.39 is 5.97 Å². The molecule has 0 unspecified atom stereocenters. The smallest absolute Gasteiger partial charge is 0.358 e. The standard InChI is InChI=1S/C17H14N2O3S2/c20-15(18-8-12-4-2-1-3-5-12)9-22-17(21)14-11-24-16(19-14)13-6-7-23-10-13/h1-7,10-11H,8-9H2,(H,18,20). The number of aromatic nitrogens is 1. The van der Waals surface area contributed by atoms with Gasteiger partial charge in [-0.25, -0.2) is 9.78 Å². The minimum Gasteiger partial charge on any atom is -0.451 e. The van der Waals surface area contributed by atoms with Gasteiger partial charge in [0.05, 0.1) is 0 Å². The molecule has 2 aromatic heterocycles. The lowest BCUT2D eigenvalue weighted by Gasteiger charge is -2.05. The fraction of sp³-hybridized carbons (Fsp3) is 0.118. The zero-order valence-electron chi connectivity index (χ0n) is 12.6. The van der Waals surface area contributed by atoms with Gasteiger partial charge in [0.2, 0.25) is 0 Å². The van der Waals surface area contributed by atoms with Crippen LogP contribution in [0.2, 0.25) is 0 Å². The summed E-state index contributed by atoms with van der Waals surface area (Å²) in [5.74, 6) is -0.942. The van der Waals surface area contributed by atoms with Crippen LogP contribution in [-0.2, 0) is 16.1 Å². The quantitative estimate of drug-likeness (QED) is 0.686. The topological polar surface area (TPSA) is 68.3 Å². The first-order chi connectivity index (χ1) is 11.7. The van der Waals surface area contributed by atoms with Gasteiger partial charge in [0.1, 0.15) is 5.01 Å². The van der Waals surface area contributed by atoms with Crippen LogP contribution in [0.3, 0.4) is 0 Å². The van der Waals surface area contributed by atoms with Gasteiger partial charge in [-0.3, -0.25) is 4.79 Å². The summed E-state index contributed by atoms with van der Waals surface area (Å²) in [5.41, 5.74) is 2.18. The lowest BCUT2D eigenvalue weighted by atomic mass is 10.2. The Morgan fingerprint density at radius 1 is 1.12 bits per heavy atom. The highest BCUT2D eigenvalue weighted by Gasteiger charge is 2.15. The van der Waals surface area contributed by atoms with Crippen molar-refractivity contribution in [2.45, 2.75) is 6.54 Å². The summed E-state index contributed by atoms with van der Waals surface area (Å²) in [6.07, 6.45) is 0. The number of hydrogen-bond acceptors (Lipinski definition) is 6. The predicted molar refractivity (Wildman–Crippen MR) is 94.0 cm³/mol. The van der Waals surface area contributed by atoms with Crippen LogP contribution in [-0.4, -0.2) is 23.5 Å². The number of benzene rings is 1. The van der Waals surface area contributed by atoms with Crippen LogP contribution in [0.15, 0.2) is 52.5 Å². The maximum absolute atomic E-state index is 12.0. The van der Waals surface area contributed by atoms with E-state index in [1.54, 1.807) is 16.7 Å². The first kappa shape index (κ1) is 16.4. The highest BCUT2D eigenvalue weighted by Crippen LogP contribution is 2.25. The number of nitrogens with one attached hydrogen (secondary N) is 1. The molecule has 0 aliphatic carbocycles. The number of nitrogens with zero attached hydrogens (tertiary/aromatic N) is 1. The van der Waals surface area contributed by atoms with Gasteiger partial charge in [-0.05, 0) is 17.0 Å². The van der Waals surface area contributed by atoms with Crippen molar-refractivity contribution in [1.29, 1.82) is 0 Å². The summed E-state index contributed by atoms with van der Waals surface area (Å²) in [4.78, 5) is 27.9. The molecule has 24 heavy (non-hydrogen) atoms. The molecule has 0 aliphatic heterocycles. The maximum atomic E-state index is 12.0. The SMILES string of the molecule is O=C(COC(=O)c1csc(-c2ccsc2)n1)NCc1ccccc1. The van der Waals surface area contributed by atoms with E-state index in [-0.39, 0.29) is 18.2 Å². The monoisotopic (exact) mass is 358 g/mol. The van der Waals surface area contributed by atoms with Crippen LogP contribution in [0.1, 0.15) is 16.1 Å². The van der Waals surface area contributed by atoms with E-state index in [0.717, 1.165) is 16.1 Å². The third-order valence-corrected chi connectivity index (χ3v) is 4.72. The molecule has 0 saturated heterocycles. The first-order valence-electron chi connectivity index (χ1n) is 7.18. The zero-order chi connectivity index (χ0) is 16.8. The van der Waals surface area contributed by atoms with Crippen molar-refractivity contribution in [1.82, 2.24) is 10.3 Å². The van der Waals surface area contributed by atoms with Gasteiger partial charge in [0, 0.05) is 22.9 Å². The van der Waals surface area contributed by atoms with Crippen molar-refractivity contribution < 1.29 is 14.3 Å². The molecule has 0 spiro atoms. The number of thiophene rings is 1. The van der Waals surface area contributed by atoms with Crippen molar-refractivity contribution in [2.24, 2.45) is 0 Å². The molecule has 0 radical (unpaired) electrons. The third-order valence-electron chi connectivity index (χ3n) is 3.15. The van der Waals surface area contributed by atoms with Crippen LogP contribution in [0.4, 0.5) is 0 Å². The van der Waals surface area contributed by atoms with Crippen LogP contribution >= 0.6 is 22.7 Å². The number of amides is 1. The van der Waals surface area contributed by atoms with E-state index in [2.05, 4.69) is 10.3 Å². The van der Waals surface area contributed by atoms with Gasteiger partial charge < -0.3 is 10.1 Å².